The van der Waals surface area contributed by atoms with Crippen LogP contribution in [0.3, 0.4) is 0 Å². The maximum atomic E-state index is 5.92. The highest BCUT2D eigenvalue weighted by atomic mass is 35.5. The molecule has 0 atom stereocenters. The van der Waals surface area contributed by atoms with E-state index in [1.54, 1.807) is 18.2 Å². The fourth-order valence-corrected chi connectivity index (χ4v) is 2.05. The molecule has 0 unspecified atom stereocenters. The van der Waals surface area contributed by atoms with E-state index >= 15 is 0 Å². The van der Waals surface area contributed by atoms with Crippen molar-refractivity contribution in [2.45, 2.75) is 5.03 Å². The minimum atomic E-state index is 0.437. The smallest absolute Gasteiger partial charge is 0.161 e. The van der Waals surface area contributed by atoms with Crippen LogP contribution in [-0.2, 0) is 0 Å². The van der Waals surface area contributed by atoms with Crippen LogP contribution in [0.15, 0.2) is 23.2 Å². The molecule has 1 heterocycles. The van der Waals surface area contributed by atoms with E-state index < -0.39 is 0 Å². The van der Waals surface area contributed by atoms with Crippen molar-refractivity contribution in [3.05, 3.63) is 28.4 Å². The van der Waals surface area contributed by atoms with Crippen molar-refractivity contribution in [1.82, 2.24) is 9.97 Å². The zero-order valence-corrected chi connectivity index (χ0v) is 9.62. The van der Waals surface area contributed by atoms with Crippen molar-refractivity contribution < 1.29 is 0 Å². The number of aromatic nitrogens is 2. The molecule has 2 nitrogen and oxygen atoms in total. The van der Waals surface area contributed by atoms with E-state index in [1.807, 2.05) is 6.26 Å². The van der Waals surface area contributed by atoms with E-state index in [0.717, 1.165) is 16.1 Å². The summed E-state index contributed by atoms with van der Waals surface area (Å²) < 4.78 is 0. The highest BCUT2D eigenvalue weighted by Gasteiger charge is 2.05. The molecule has 2 rings (SSSR count). The Balaban J connectivity index is 2.73. The highest BCUT2D eigenvalue weighted by molar-refractivity contribution is 7.98. The largest absolute Gasteiger partial charge is 0.237 e. The van der Waals surface area contributed by atoms with Crippen LogP contribution in [0.25, 0.3) is 11.0 Å². The summed E-state index contributed by atoms with van der Waals surface area (Å²) in [7, 11) is 0. The monoisotopic (exact) mass is 244 g/mol. The second kappa shape index (κ2) is 3.93. The van der Waals surface area contributed by atoms with Gasteiger partial charge in [0, 0.05) is 5.02 Å². The lowest BCUT2D eigenvalue weighted by Crippen LogP contribution is -1.88. The molecule has 0 bridgehead atoms. The van der Waals surface area contributed by atoms with Gasteiger partial charge in [0.1, 0.15) is 5.03 Å². The average Bonchev–Trinajstić information content (AvgIpc) is 2.17. The first-order chi connectivity index (χ1) is 6.70. The normalized spacial score (nSPS) is 10.8. The molecule has 0 amide bonds. The summed E-state index contributed by atoms with van der Waals surface area (Å²) in [5, 5.41) is 1.81. The number of benzene rings is 1. The maximum absolute atomic E-state index is 5.92. The van der Waals surface area contributed by atoms with Crippen LogP contribution >= 0.6 is 35.0 Å². The fourth-order valence-electron chi connectivity index (χ4n) is 1.12. The first-order valence-electron chi connectivity index (χ1n) is 3.87. The Labute approximate surface area is 95.6 Å². The number of thioether (sulfide) groups is 1. The van der Waals surface area contributed by atoms with Crippen LogP contribution in [0.4, 0.5) is 0 Å². The molecule has 72 valence electrons. The van der Waals surface area contributed by atoms with Crippen LogP contribution in [0.5, 0.6) is 0 Å². The zero-order chi connectivity index (χ0) is 10.1. The third kappa shape index (κ3) is 1.80. The summed E-state index contributed by atoms with van der Waals surface area (Å²) in [6.07, 6.45) is 1.91. The van der Waals surface area contributed by atoms with E-state index in [-0.39, 0.29) is 0 Å². The quantitative estimate of drug-likeness (QED) is 0.717. The second-order valence-corrected chi connectivity index (χ2v) is 4.25. The number of hydrogen-bond acceptors (Lipinski definition) is 3. The molecule has 0 aliphatic rings. The van der Waals surface area contributed by atoms with Gasteiger partial charge in [-0.2, -0.15) is 0 Å². The summed E-state index contributed by atoms with van der Waals surface area (Å²) in [5.41, 5.74) is 1.53. The third-order valence-electron chi connectivity index (χ3n) is 1.75. The van der Waals surface area contributed by atoms with Gasteiger partial charge in [0.2, 0.25) is 0 Å². The lowest BCUT2D eigenvalue weighted by atomic mass is 10.3. The van der Waals surface area contributed by atoms with Crippen LogP contribution in [-0.4, -0.2) is 16.2 Å². The van der Waals surface area contributed by atoms with E-state index in [4.69, 9.17) is 23.2 Å². The number of rotatable bonds is 1. The van der Waals surface area contributed by atoms with E-state index in [0.29, 0.717) is 10.2 Å². The minimum absolute atomic E-state index is 0.437. The first-order valence-corrected chi connectivity index (χ1v) is 5.85. The number of halogens is 2. The van der Waals surface area contributed by atoms with E-state index in [9.17, 15) is 0 Å². The number of fused-ring (bicyclic) bond motifs is 1. The Morgan fingerprint density at radius 3 is 2.64 bits per heavy atom. The van der Waals surface area contributed by atoms with Crippen LogP contribution < -0.4 is 0 Å². The third-order valence-corrected chi connectivity index (χ3v) is 3.03. The Kier molecular flexibility index (Phi) is 2.81. The maximum Gasteiger partial charge on any atom is 0.161 e. The van der Waals surface area contributed by atoms with Crippen molar-refractivity contribution in [3.63, 3.8) is 0 Å². The molecule has 14 heavy (non-hydrogen) atoms. The molecule has 0 saturated carbocycles. The van der Waals surface area contributed by atoms with Gasteiger partial charge in [-0.25, -0.2) is 9.97 Å². The van der Waals surface area contributed by atoms with Crippen LogP contribution in [0.1, 0.15) is 0 Å². The summed E-state index contributed by atoms with van der Waals surface area (Å²) in [5.74, 6) is 0. The number of nitrogens with zero attached hydrogens (tertiary/aromatic N) is 2. The van der Waals surface area contributed by atoms with Crippen LogP contribution in [0.2, 0.25) is 10.2 Å². The summed E-state index contributed by atoms with van der Waals surface area (Å²) in [6.45, 7) is 0. The molecule has 0 spiro atoms. The van der Waals surface area contributed by atoms with Crippen molar-refractivity contribution in [3.8, 4) is 0 Å². The Hall–Kier alpha value is -0.510. The molecule has 0 N–H and O–H groups in total. The van der Waals surface area contributed by atoms with Crippen molar-refractivity contribution in [2.75, 3.05) is 6.26 Å². The predicted octanol–water partition coefficient (Wildman–Crippen LogP) is 3.66. The van der Waals surface area contributed by atoms with Crippen LogP contribution in [0, 0.1) is 0 Å². The molecular formula is C9H6Cl2N2S. The highest BCUT2D eigenvalue weighted by Crippen LogP contribution is 2.25. The van der Waals surface area contributed by atoms with Gasteiger partial charge in [-0.3, -0.25) is 0 Å². The summed E-state index contributed by atoms with van der Waals surface area (Å²) in [4.78, 5) is 8.55. The molecule has 2 aromatic rings. The minimum Gasteiger partial charge on any atom is -0.237 e. The lowest BCUT2D eigenvalue weighted by Gasteiger charge is -2.02. The Bertz CT molecular complexity index is 487. The topological polar surface area (TPSA) is 25.8 Å². The number of hydrogen-bond donors (Lipinski definition) is 0. The molecule has 1 aromatic heterocycles. The molecule has 0 aliphatic heterocycles. The van der Waals surface area contributed by atoms with E-state index in [1.165, 1.54) is 11.8 Å². The van der Waals surface area contributed by atoms with Crippen molar-refractivity contribution in [2.24, 2.45) is 0 Å². The molecule has 5 heteroatoms. The van der Waals surface area contributed by atoms with Gasteiger partial charge < -0.3 is 0 Å². The zero-order valence-electron chi connectivity index (χ0n) is 7.29. The molecule has 0 saturated heterocycles. The fraction of sp³-hybridized carbons (Fsp3) is 0.111. The average molecular weight is 245 g/mol. The molecule has 1 aromatic carbocycles. The summed E-state index contributed by atoms with van der Waals surface area (Å²) in [6, 6.07) is 5.36. The Morgan fingerprint density at radius 1 is 1.14 bits per heavy atom. The SMILES string of the molecule is CSc1nc2cc(Cl)ccc2nc1Cl. The van der Waals surface area contributed by atoms with Gasteiger partial charge >= 0.3 is 0 Å². The lowest BCUT2D eigenvalue weighted by molar-refractivity contribution is 1.13. The molecule has 0 aliphatic carbocycles. The second-order valence-electron chi connectivity index (χ2n) is 2.66. The van der Waals surface area contributed by atoms with Gasteiger partial charge in [-0.1, -0.05) is 23.2 Å². The molecule has 0 radical (unpaired) electrons. The molecule has 0 fully saturated rings. The Morgan fingerprint density at radius 2 is 1.93 bits per heavy atom. The van der Waals surface area contributed by atoms with Gasteiger partial charge in [0.25, 0.3) is 0 Å². The van der Waals surface area contributed by atoms with Gasteiger partial charge in [0.15, 0.2) is 5.15 Å². The predicted molar refractivity (Wildman–Crippen MR) is 61.3 cm³/mol. The van der Waals surface area contributed by atoms with Gasteiger partial charge in [-0.05, 0) is 24.5 Å². The van der Waals surface area contributed by atoms with Gasteiger partial charge in [0.05, 0.1) is 11.0 Å². The first kappa shape index (κ1) is 10.0. The van der Waals surface area contributed by atoms with Crippen molar-refractivity contribution >= 4 is 46.0 Å². The van der Waals surface area contributed by atoms with Gasteiger partial charge in [-0.15, -0.1) is 11.8 Å². The summed E-state index contributed by atoms with van der Waals surface area (Å²) >= 11 is 13.2. The standard InChI is InChI=1S/C9H6Cl2N2S/c1-14-9-8(11)12-6-3-2-5(10)4-7(6)13-9/h2-4H,1H3. The van der Waals surface area contributed by atoms with E-state index in [2.05, 4.69) is 9.97 Å². The molecular weight excluding hydrogens is 239 g/mol. The van der Waals surface area contributed by atoms with Crippen molar-refractivity contribution in [1.29, 1.82) is 0 Å².